The van der Waals surface area contributed by atoms with Gasteiger partial charge in [0.05, 0.1) is 21.2 Å². The van der Waals surface area contributed by atoms with E-state index >= 15 is 0 Å². The Balaban J connectivity index is 1.29. The van der Waals surface area contributed by atoms with Gasteiger partial charge in [0.25, 0.3) is 0 Å². The lowest BCUT2D eigenvalue weighted by molar-refractivity contribution is -0.141. The number of likely N-dealkylation sites (tertiary alicyclic amines) is 1. The number of carboxylic acids is 1. The normalized spacial score (nSPS) is 18.0. The predicted octanol–water partition coefficient (Wildman–Crippen LogP) is 4.87. The molecule has 2 heterocycles. The van der Waals surface area contributed by atoms with Crippen molar-refractivity contribution in [2.24, 2.45) is 5.92 Å². The smallest absolute Gasteiger partial charge is 0.305 e. The second kappa shape index (κ2) is 13.0. The van der Waals surface area contributed by atoms with E-state index in [-0.39, 0.29) is 23.8 Å². The highest BCUT2D eigenvalue weighted by atomic mass is 35.5. The molecule has 2 aliphatic rings. The molecule has 2 aromatic rings. The molecule has 1 saturated carbocycles. The zero-order valence-corrected chi connectivity index (χ0v) is 23.2. The average molecular weight is 581 g/mol. The molecular formula is C27H31Cl2N3O5S. The van der Waals surface area contributed by atoms with Gasteiger partial charge in [0.1, 0.15) is 6.04 Å². The van der Waals surface area contributed by atoms with Crippen molar-refractivity contribution in [3.8, 4) is 0 Å². The molecule has 0 bridgehead atoms. The first-order valence-corrected chi connectivity index (χ1v) is 14.5. The van der Waals surface area contributed by atoms with Crippen LogP contribution in [0.4, 0.5) is 0 Å². The highest BCUT2D eigenvalue weighted by Gasteiger charge is 2.30. The summed E-state index contributed by atoms with van der Waals surface area (Å²) in [4.78, 5) is 51.3. The number of carboxylic acid groups (broad SMARTS) is 1. The molecule has 38 heavy (non-hydrogen) atoms. The van der Waals surface area contributed by atoms with E-state index in [4.69, 9.17) is 23.2 Å². The predicted molar refractivity (Wildman–Crippen MR) is 149 cm³/mol. The Kier molecular flexibility index (Phi) is 9.68. The third-order valence-corrected chi connectivity index (χ3v) is 9.14. The quantitative estimate of drug-likeness (QED) is 0.386. The van der Waals surface area contributed by atoms with Gasteiger partial charge < -0.3 is 20.6 Å². The summed E-state index contributed by atoms with van der Waals surface area (Å²) >= 11 is 14.3. The van der Waals surface area contributed by atoms with Gasteiger partial charge in [-0.1, -0.05) is 42.5 Å². The molecule has 11 heteroatoms. The molecule has 0 radical (unpaired) electrons. The average Bonchev–Trinajstić information content (AvgIpc) is 3.39. The molecular weight excluding hydrogens is 549 g/mol. The SMILES string of the molecule is O=C(O)C[C@H](NC(=O)C1CCCCC1)C(=O)NC1CCN(C(=O)/C=C/c2cc3ccsc3c(Cl)c2Cl)CC1. The molecule has 0 spiro atoms. The fourth-order valence-corrected chi connectivity index (χ4v) is 6.48. The van der Waals surface area contributed by atoms with Crippen LogP contribution in [0.3, 0.4) is 0 Å². The minimum Gasteiger partial charge on any atom is -0.481 e. The van der Waals surface area contributed by atoms with Crippen LogP contribution in [0.1, 0.15) is 56.9 Å². The number of halogens is 2. The van der Waals surface area contributed by atoms with Crippen LogP contribution in [0.25, 0.3) is 16.2 Å². The minimum atomic E-state index is -1.15. The van der Waals surface area contributed by atoms with E-state index < -0.39 is 24.3 Å². The number of nitrogens with one attached hydrogen (secondary N) is 2. The van der Waals surface area contributed by atoms with Crippen molar-refractivity contribution in [3.63, 3.8) is 0 Å². The summed E-state index contributed by atoms with van der Waals surface area (Å²) in [5.41, 5.74) is 0.665. The summed E-state index contributed by atoms with van der Waals surface area (Å²) in [5.74, 6) is -2.25. The molecule has 1 aliphatic carbocycles. The molecule has 204 valence electrons. The molecule has 2 fully saturated rings. The van der Waals surface area contributed by atoms with Gasteiger partial charge in [0, 0.05) is 31.1 Å². The van der Waals surface area contributed by atoms with Gasteiger partial charge in [-0.3, -0.25) is 19.2 Å². The van der Waals surface area contributed by atoms with Crippen molar-refractivity contribution in [1.29, 1.82) is 0 Å². The van der Waals surface area contributed by atoms with Crippen molar-refractivity contribution in [1.82, 2.24) is 15.5 Å². The van der Waals surface area contributed by atoms with Gasteiger partial charge in [-0.2, -0.15) is 0 Å². The largest absolute Gasteiger partial charge is 0.481 e. The van der Waals surface area contributed by atoms with Gasteiger partial charge in [0.15, 0.2) is 0 Å². The lowest BCUT2D eigenvalue weighted by Crippen LogP contribution is -2.54. The van der Waals surface area contributed by atoms with Crippen LogP contribution in [0.5, 0.6) is 0 Å². The van der Waals surface area contributed by atoms with Gasteiger partial charge in [0.2, 0.25) is 17.7 Å². The minimum absolute atomic E-state index is 0.170. The van der Waals surface area contributed by atoms with Crippen molar-refractivity contribution >= 4 is 74.4 Å². The Morgan fingerprint density at radius 3 is 2.47 bits per heavy atom. The van der Waals surface area contributed by atoms with E-state index in [1.807, 2.05) is 17.5 Å². The molecule has 1 aromatic carbocycles. The van der Waals surface area contributed by atoms with Gasteiger partial charge >= 0.3 is 5.97 Å². The van der Waals surface area contributed by atoms with E-state index in [1.165, 1.54) is 17.4 Å². The first kappa shape index (κ1) is 28.4. The van der Waals surface area contributed by atoms with Gasteiger partial charge in [-0.05, 0) is 60.2 Å². The van der Waals surface area contributed by atoms with E-state index in [9.17, 15) is 24.3 Å². The van der Waals surface area contributed by atoms with Crippen LogP contribution in [0.2, 0.25) is 10.0 Å². The highest BCUT2D eigenvalue weighted by molar-refractivity contribution is 7.18. The maximum absolute atomic E-state index is 12.9. The van der Waals surface area contributed by atoms with Crippen LogP contribution in [0.15, 0.2) is 23.6 Å². The number of thiophene rings is 1. The van der Waals surface area contributed by atoms with E-state index in [0.29, 0.717) is 41.5 Å². The summed E-state index contributed by atoms with van der Waals surface area (Å²) in [6, 6.07) is 2.50. The second-order valence-electron chi connectivity index (χ2n) is 9.87. The number of fused-ring (bicyclic) bond motifs is 1. The molecule has 1 saturated heterocycles. The number of piperidine rings is 1. The van der Waals surface area contributed by atoms with Crippen molar-refractivity contribution in [2.45, 2.75) is 63.5 Å². The maximum Gasteiger partial charge on any atom is 0.305 e. The molecule has 4 rings (SSSR count). The van der Waals surface area contributed by atoms with Crippen LogP contribution in [0, 0.1) is 5.92 Å². The number of benzene rings is 1. The van der Waals surface area contributed by atoms with Crippen LogP contribution >= 0.6 is 34.5 Å². The molecule has 1 atom stereocenters. The third kappa shape index (κ3) is 7.07. The van der Waals surface area contributed by atoms with Crippen molar-refractivity contribution in [3.05, 3.63) is 39.2 Å². The number of amides is 3. The molecule has 1 aliphatic heterocycles. The summed E-state index contributed by atoms with van der Waals surface area (Å²) in [5, 5.41) is 18.6. The fourth-order valence-electron chi connectivity index (χ4n) is 5.04. The molecule has 3 N–H and O–H groups in total. The van der Waals surface area contributed by atoms with Crippen molar-refractivity contribution < 1.29 is 24.3 Å². The first-order chi connectivity index (χ1) is 18.2. The van der Waals surface area contributed by atoms with E-state index in [0.717, 1.165) is 42.2 Å². The Hall–Kier alpha value is -2.62. The summed E-state index contributed by atoms with van der Waals surface area (Å²) in [6.45, 7) is 0.869. The zero-order chi connectivity index (χ0) is 27.2. The molecule has 1 aromatic heterocycles. The highest BCUT2D eigenvalue weighted by Crippen LogP contribution is 2.37. The summed E-state index contributed by atoms with van der Waals surface area (Å²) in [7, 11) is 0. The second-order valence-corrected chi connectivity index (χ2v) is 11.5. The fraction of sp³-hybridized carbons (Fsp3) is 0.481. The van der Waals surface area contributed by atoms with Crippen LogP contribution < -0.4 is 10.6 Å². The third-order valence-electron chi connectivity index (χ3n) is 7.20. The Morgan fingerprint density at radius 2 is 1.79 bits per heavy atom. The number of carbonyl (C=O) groups is 4. The zero-order valence-electron chi connectivity index (χ0n) is 20.9. The number of rotatable bonds is 8. The molecule has 0 unspecified atom stereocenters. The van der Waals surface area contributed by atoms with Gasteiger partial charge in [-0.15, -0.1) is 11.3 Å². The lowest BCUT2D eigenvalue weighted by Gasteiger charge is -2.32. The van der Waals surface area contributed by atoms with Crippen molar-refractivity contribution in [2.75, 3.05) is 13.1 Å². The Morgan fingerprint density at radius 1 is 1.08 bits per heavy atom. The van der Waals surface area contributed by atoms with Crippen LogP contribution in [-0.4, -0.2) is 58.9 Å². The number of hydrogen-bond donors (Lipinski definition) is 3. The topological polar surface area (TPSA) is 116 Å². The Labute approximate surface area is 235 Å². The molecule has 8 nitrogen and oxygen atoms in total. The first-order valence-electron chi connectivity index (χ1n) is 12.9. The van der Waals surface area contributed by atoms with E-state index in [1.54, 1.807) is 11.0 Å². The Bertz CT molecular complexity index is 1230. The van der Waals surface area contributed by atoms with Gasteiger partial charge in [-0.25, -0.2) is 0 Å². The van der Waals surface area contributed by atoms with Crippen LogP contribution in [-0.2, 0) is 19.2 Å². The molecule has 3 amide bonds. The lowest BCUT2D eigenvalue weighted by atomic mass is 9.88. The van der Waals surface area contributed by atoms with E-state index in [2.05, 4.69) is 10.6 Å². The maximum atomic E-state index is 12.9. The number of carbonyl (C=O) groups excluding carboxylic acids is 3. The number of nitrogens with zero attached hydrogens (tertiary/aromatic N) is 1. The standard InChI is InChI=1S/C27H31Cl2N3O5S/c28-23-17(14-18-10-13-38-25(18)24(23)29)6-7-21(33)32-11-8-19(9-12-32)30-27(37)20(15-22(34)35)31-26(36)16-4-2-1-3-5-16/h6-7,10,13-14,16,19-20H,1-5,8-9,11-12,15H2,(H,30,37)(H,31,36)(H,34,35)/b7-6+/t20-/m0/s1. The summed E-state index contributed by atoms with van der Waals surface area (Å²) in [6.07, 6.45) is 8.24. The number of hydrogen-bond acceptors (Lipinski definition) is 5. The summed E-state index contributed by atoms with van der Waals surface area (Å²) < 4.78 is 0.906. The monoisotopic (exact) mass is 579 g/mol. The number of aliphatic carboxylic acids is 1.